The Labute approximate surface area is 77.8 Å². The van der Waals surface area contributed by atoms with Crippen LogP contribution in [0.3, 0.4) is 0 Å². The average molecular weight is 216 g/mol. The molecule has 5 nitrogen and oxygen atoms in total. The third-order valence-corrected chi connectivity index (χ3v) is 1.06. The van der Waals surface area contributed by atoms with Crippen molar-refractivity contribution in [1.29, 1.82) is 0 Å². The predicted octanol–water partition coefficient (Wildman–Crippen LogP) is 0.168. The molecule has 0 aromatic carbocycles. The maximum Gasteiger partial charge on any atom is 0.401 e. The van der Waals surface area contributed by atoms with E-state index in [0.29, 0.717) is 6.54 Å². The van der Waals surface area contributed by atoms with Crippen LogP contribution in [0.15, 0.2) is 0 Å². The van der Waals surface area contributed by atoms with E-state index in [1.165, 1.54) is 5.43 Å². The minimum absolute atomic E-state index is 0.305. The molecule has 0 saturated carbocycles. The zero-order chi connectivity index (χ0) is 10.5. The molecule has 0 aromatic rings. The van der Waals surface area contributed by atoms with Crippen molar-refractivity contribution in [2.75, 3.05) is 6.54 Å². The van der Waals surface area contributed by atoms with Crippen LogP contribution in [0.1, 0.15) is 6.92 Å². The Morgan fingerprint density at radius 2 is 1.92 bits per heavy atom. The molecule has 0 saturated heterocycles. The van der Waals surface area contributed by atoms with Gasteiger partial charge in [-0.2, -0.15) is 8.78 Å². The molecular weight excluding hydrogens is 208 g/mol. The first kappa shape index (κ1) is 11.9. The van der Waals surface area contributed by atoms with E-state index in [4.69, 9.17) is 0 Å². The Bertz CT molecular complexity index is 206. The van der Waals surface area contributed by atoms with Gasteiger partial charge in [-0.05, 0) is 18.5 Å². The van der Waals surface area contributed by atoms with Gasteiger partial charge in [0.15, 0.2) is 0 Å². The summed E-state index contributed by atoms with van der Waals surface area (Å²) in [6, 6.07) is -0.795. The molecule has 0 aromatic heterocycles. The predicted molar refractivity (Wildman–Crippen MR) is 41.2 cm³/mol. The molecule has 3 N–H and O–H groups in total. The standard InChI is InChI=1S/C5H8ClF2N3O2/c1-2-9-4(13)11-10-3(12)5(6,7)8/h2H2,1H3,(H,10,12)(H2,9,11,13). The molecule has 0 aliphatic heterocycles. The number of urea groups is 1. The van der Waals surface area contributed by atoms with Crippen LogP contribution in [0.2, 0.25) is 0 Å². The fourth-order valence-electron chi connectivity index (χ4n) is 0.389. The number of nitrogens with one attached hydrogen (secondary N) is 3. The first-order chi connectivity index (χ1) is 5.88. The van der Waals surface area contributed by atoms with Crippen molar-refractivity contribution in [3.8, 4) is 0 Å². The number of amides is 3. The molecule has 76 valence electrons. The van der Waals surface area contributed by atoms with Crippen LogP contribution in [-0.2, 0) is 4.79 Å². The molecule has 3 amide bonds. The zero-order valence-corrected chi connectivity index (χ0v) is 7.41. The smallest absolute Gasteiger partial charge is 0.337 e. The second-order valence-electron chi connectivity index (χ2n) is 1.94. The topological polar surface area (TPSA) is 70.2 Å². The second-order valence-corrected chi connectivity index (χ2v) is 2.41. The second kappa shape index (κ2) is 4.80. The van der Waals surface area contributed by atoms with E-state index in [9.17, 15) is 18.4 Å². The van der Waals surface area contributed by atoms with Gasteiger partial charge < -0.3 is 5.32 Å². The number of alkyl halides is 3. The molecule has 8 heteroatoms. The molecule has 0 radical (unpaired) electrons. The SMILES string of the molecule is CCNC(=O)NNC(=O)C(F)(F)Cl. The van der Waals surface area contributed by atoms with E-state index in [0.717, 1.165) is 0 Å². The number of halogens is 3. The highest BCUT2D eigenvalue weighted by Crippen LogP contribution is 2.17. The number of hydrazine groups is 1. The van der Waals surface area contributed by atoms with Crippen molar-refractivity contribution in [3.63, 3.8) is 0 Å². The number of hydrogen-bond donors (Lipinski definition) is 3. The van der Waals surface area contributed by atoms with E-state index in [1.807, 2.05) is 0 Å². The van der Waals surface area contributed by atoms with Gasteiger partial charge >= 0.3 is 17.3 Å². The van der Waals surface area contributed by atoms with E-state index < -0.39 is 17.3 Å². The maximum absolute atomic E-state index is 11.9. The number of hydrogen-bond acceptors (Lipinski definition) is 2. The van der Waals surface area contributed by atoms with E-state index in [-0.39, 0.29) is 0 Å². The Morgan fingerprint density at radius 1 is 1.38 bits per heavy atom. The van der Waals surface area contributed by atoms with Crippen molar-refractivity contribution in [3.05, 3.63) is 0 Å². The monoisotopic (exact) mass is 215 g/mol. The number of carbonyl (C=O) groups excluding carboxylic acids is 2. The van der Waals surface area contributed by atoms with Crippen molar-refractivity contribution >= 4 is 23.5 Å². The van der Waals surface area contributed by atoms with Crippen LogP contribution >= 0.6 is 11.6 Å². The molecule has 0 heterocycles. The summed E-state index contributed by atoms with van der Waals surface area (Å²) in [4.78, 5) is 20.9. The van der Waals surface area contributed by atoms with Crippen LogP contribution in [0, 0.1) is 0 Å². The van der Waals surface area contributed by atoms with Gasteiger partial charge in [-0.1, -0.05) is 0 Å². The quantitative estimate of drug-likeness (QED) is 0.454. The molecule has 0 rings (SSSR count). The van der Waals surface area contributed by atoms with Gasteiger partial charge in [-0.15, -0.1) is 0 Å². The van der Waals surface area contributed by atoms with Gasteiger partial charge in [-0.3, -0.25) is 10.2 Å². The molecule has 0 aliphatic rings. The highest BCUT2D eigenvalue weighted by Gasteiger charge is 2.35. The van der Waals surface area contributed by atoms with Gasteiger partial charge in [0.05, 0.1) is 0 Å². The summed E-state index contributed by atoms with van der Waals surface area (Å²) in [5.41, 5.74) is 3.10. The van der Waals surface area contributed by atoms with Gasteiger partial charge in [0.25, 0.3) is 0 Å². The summed E-state index contributed by atoms with van der Waals surface area (Å²) < 4.78 is 23.9. The zero-order valence-electron chi connectivity index (χ0n) is 6.66. The van der Waals surface area contributed by atoms with Crippen LogP contribution < -0.4 is 16.2 Å². The summed E-state index contributed by atoms with van der Waals surface area (Å²) in [5, 5.41) is -1.83. The number of carbonyl (C=O) groups is 2. The fourth-order valence-corrected chi connectivity index (χ4v) is 0.436. The Morgan fingerprint density at radius 3 is 2.31 bits per heavy atom. The lowest BCUT2D eigenvalue weighted by molar-refractivity contribution is -0.136. The highest BCUT2D eigenvalue weighted by atomic mass is 35.5. The largest absolute Gasteiger partial charge is 0.401 e. The van der Waals surface area contributed by atoms with Crippen molar-refractivity contribution in [1.82, 2.24) is 16.2 Å². The minimum Gasteiger partial charge on any atom is -0.337 e. The summed E-state index contributed by atoms with van der Waals surface area (Å²) in [6.07, 6.45) is 0. The van der Waals surface area contributed by atoms with Crippen molar-refractivity contribution in [2.45, 2.75) is 12.3 Å². The molecule has 0 aliphatic carbocycles. The summed E-state index contributed by atoms with van der Waals surface area (Å²) >= 11 is 4.33. The summed E-state index contributed by atoms with van der Waals surface area (Å²) in [5.74, 6) is -1.79. The van der Waals surface area contributed by atoms with Crippen LogP contribution in [0.25, 0.3) is 0 Å². The lowest BCUT2D eigenvalue weighted by Gasteiger charge is -2.09. The fraction of sp³-hybridized carbons (Fsp3) is 0.600. The normalized spacial score (nSPS) is 10.5. The molecule has 0 spiro atoms. The highest BCUT2D eigenvalue weighted by molar-refractivity contribution is 6.32. The lowest BCUT2D eigenvalue weighted by atomic mass is 10.6. The first-order valence-corrected chi connectivity index (χ1v) is 3.66. The lowest BCUT2D eigenvalue weighted by Crippen LogP contribution is -2.50. The molecule has 0 bridgehead atoms. The molecular formula is C5H8ClF2N3O2. The van der Waals surface area contributed by atoms with Crippen molar-refractivity contribution in [2.24, 2.45) is 0 Å². The first-order valence-electron chi connectivity index (χ1n) is 3.29. The molecule has 0 fully saturated rings. The maximum atomic E-state index is 11.9. The van der Waals surface area contributed by atoms with Gasteiger partial charge in [0.2, 0.25) is 0 Å². The van der Waals surface area contributed by atoms with Gasteiger partial charge in [-0.25, -0.2) is 10.2 Å². The Kier molecular flexibility index (Phi) is 4.39. The Balaban J connectivity index is 3.77. The summed E-state index contributed by atoms with van der Waals surface area (Å²) in [7, 11) is 0. The van der Waals surface area contributed by atoms with E-state index in [1.54, 1.807) is 12.3 Å². The third kappa shape index (κ3) is 5.18. The van der Waals surface area contributed by atoms with Gasteiger partial charge in [0, 0.05) is 6.54 Å². The van der Waals surface area contributed by atoms with Crippen LogP contribution in [-0.4, -0.2) is 23.9 Å². The average Bonchev–Trinajstić information content (AvgIpc) is 1.99. The molecule has 0 atom stereocenters. The summed E-state index contributed by atoms with van der Waals surface area (Å²) in [6.45, 7) is 1.93. The molecule has 13 heavy (non-hydrogen) atoms. The van der Waals surface area contributed by atoms with E-state index >= 15 is 0 Å². The van der Waals surface area contributed by atoms with Crippen LogP contribution in [0.4, 0.5) is 13.6 Å². The minimum atomic E-state index is -4.03. The third-order valence-electron chi connectivity index (χ3n) is 0.884. The van der Waals surface area contributed by atoms with Crippen LogP contribution in [0.5, 0.6) is 0 Å². The molecule has 0 unspecified atom stereocenters. The van der Waals surface area contributed by atoms with Gasteiger partial charge in [0.1, 0.15) is 0 Å². The number of rotatable bonds is 2. The van der Waals surface area contributed by atoms with Crippen molar-refractivity contribution < 1.29 is 18.4 Å². The Hall–Kier alpha value is -1.11. The van der Waals surface area contributed by atoms with E-state index in [2.05, 4.69) is 16.9 Å².